The third-order valence-electron chi connectivity index (χ3n) is 11.9. The molecule has 0 aliphatic rings. The SMILES string of the molecule is c1ccc(-c2c3ccccc3c(-c3cccc4c3[se]c3cccc(-c5c6ccccc6c(-c6ccc7cccnc7c6)c6ccccc56)c34)c3ccccc23)cc1. The van der Waals surface area contributed by atoms with Gasteiger partial charge in [-0.1, -0.05) is 0 Å². The summed E-state index contributed by atoms with van der Waals surface area (Å²) in [6, 6.07) is 71.9. The van der Waals surface area contributed by atoms with Crippen LogP contribution in [0, 0.1) is 0 Å². The predicted octanol–water partition coefficient (Wildman–Crippen LogP) is 14.9. The van der Waals surface area contributed by atoms with Crippen LogP contribution in [0.15, 0.2) is 200 Å². The summed E-state index contributed by atoms with van der Waals surface area (Å²) in [6.45, 7) is 0. The fourth-order valence-electron chi connectivity index (χ4n) is 9.54. The molecule has 0 unspecified atom stereocenters. The molecule has 0 N–H and O–H groups in total. The van der Waals surface area contributed by atoms with Crippen molar-refractivity contribution in [1.82, 2.24) is 4.98 Å². The van der Waals surface area contributed by atoms with Crippen LogP contribution in [0.25, 0.3) is 118 Å². The van der Waals surface area contributed by atoms with Gasteiger partial charge in [0.25, 0.3) is 0 Å². The first kappa shape index (κ1) is 32.4. The Balaban J connectivity index is 1.16. The molecule has 0 radical (unpaired) electrons. The Morgan fingerprint density at radius 1 is 0.333 bits per heavy atom. The van der Waals surface area contributed by atoms with Gasteiger partial charge in [0, 0.05) is 0 Å². The van der Waals surface area contributed by atoms with E-state index < -0.39 is 0 Å². The molecule has 2 heteroatoms. The Labute approximate surface area is 335 Å². The molecule has 0 bridgehead atoms. The van der Waals surface area contributed by atoms with E-state index in [4.69, 9.17) is 4.98 Å². The second kappa shape index (κ2) is 12.9. The number of pyridine rings is 1. The summed E-state index contributed by atoms with van der Waals surface area (Å²) >= 11 is 0.112. The number of aromatic nitrogens is 1. The molecule has 0 spiro atoms. The van der Waals surface area contributed by atoms with Crippen LogP contribution in [0.1, 0.15) is 0 Å². The van der Waals surface area contributed by atoms with Gasteiger partial charge in [-0.15, -0.1) is 0 Å². The summed E-state index contributed by atoms with van der Waals surface area (Å²) in [5.41, 5.74) is 11.3. The first-order valence-electron chi connectivity index (χ1n) is 19.5. The van der Waals surface area contributed by atoms with Crippen molar-refractivity contribution >= 4 is 87.8 Å². The van der Waals surface area contributed by atoms with Gasteiger partial charge in [0.05, 0.1) is 0 Å². The molecule has 0 aliphatic heterocycles. The normalized spacial score (nSPS) is 11.9. The van der Waals surface area contributed by atoms with Crippen molar-refractivity contribution in [3.05, 3.63) is 200 Å². The maximum absolute atomic E-state index is 4.74. The van der Waals surface area contributed by atoms with E-state index in [-0.39, 0.29) is 14.5 Å². The minimum absolute atomic E-state index is 0.112. The first-order chi connectivity index (χ1) is 28.3. The van der Waals surface area contributed by atoms with E-state index in [9.17, 15) is 0 Å². The summed E-state index contributed by atoms with van der Waals surface area (Å²) in [6.07, 6.45) is 1.89. The van der Waals surface area contributed by atoms with E-state index in [1.165, 1.54) is 107 Å². The van der Waals surface area contributed by atoms with Crippen molar-refractivity contribution in [2.45, 2.75) is 0 Å². The summed E-state index contributed by atoms with van der Waals surface area (Å²) in [7, 11) is 0. The average molecular weight is 787 g/mol. The number of hydrogen-bond acceptors (Lipinski definition) is 1. The predicted molar refractivity (Wildman–Crippen MR) is 245 cm³/mol. The molecule has 10 aromatic carbocycles. The fourth-order valence-corrected chi connectivity index (χ4v) is 12.2. The van der Waals surface area contributed by atoms with Crippen LogP contribution < -0.4 is 0 Å². The third-order valence-corrected chi connectivity index (χ3v) is 14.4. The zero-order chi connectivity index (χ0) is 37.5. The van der Waals surface area contributed by atoms with Gasteiger partial charge in [-0.05, 0) is 6.07 Å². The molecular weight excluding hydrogens is 754 g/mol. The molecule has 0 saturated carbocycles. The molecule has 0 fully saturated rings. The van der Waals surface area contributed by atoms with Crippen LogP contribution in [0.5, 0.6) is 0 Å². The number of fused-ring (bicyclic) bond motifs is 8. The Bertz CT molecular complexity index is 3460. The molecule has 0 amide bonds. The zero-order valence-electron chi connectivity index (χ0n) is 30.9. The van der Waals surface area contributed by atoms with E-state index >= 15 is 0 Å². The summed E-state index contributed by atoms with van der Waals surface area (Å²) in [5, 5.41) is 14.1. The van der Waals surface area contributed by atoms with Gasteiger partial charge in [0.1, 0.15) is 0 Å². The molecule has 0 atom stereocenters. The van der Waals surface area contributed by atoms with Gasteiger partial charge in [-0.3, -0.25) is 0 Å². The van der Waals surface area contributed by atoms with Gasteiger partial charge >= 0.3 is 332 Å². The Morgan fingerprint density at radius 2 is 0.825 bits per heavy atom. The standard InChI is InChI=1S/C55H33NSe/c1-2-15-35(16-3-1)50-37-18-4-10-24-43(37)53(44-25-11-5-19-38(44)50)46-27-12-28-47-54-45(26-13-29-49(54)57-55(46)47)52-41-22-8-6-20-39(41)51(40-21-7-9-23-42(40)52)36-31-30-34-17-14-32-56-48(34)33-36/h1-33H. The molecule has 12 rings (SSSR count). The average Bonchev–Trinajstić information content (AvgIpc) is 3.67. The molecule has 264 valence electrons. The van der Waals surface area contributed by atoms with E-state index in [0.717, 1.165) is 10.9 Å². The van der Waals surface area contributed by atoms with Crippen molar-refractivity contribution in [1.29, 1.82) is 0 Å². The molecule has 57 heavy (non-hydrogen) atoms. The Morgan fingerprint density at radius 3 is 1.44 bits per heavy atom. The fraction of sp³-hybridized carbons (Fsp3) is 0. The minimum atomic E-state index is 0.112. The summed E-state index contributed by atoms with van der Waals surface area (Å²) < 4.78 is 2.90. The van der Waals surface area contributed by atoms with Gasteiger partial charge in [-0.25, -0.2) is 0 Å². The van der Waals surface area contributed by atoms with Gasteiger partial charge in [-0.2, -0.15) is 0 Å². The summed E-state index contributed by atoms with van der Waals surface area (Å²) in [5.74, 6) is 0. The maximum atomic E-state index is 4.74. The Kier molecular flexibility index (Phi) is 7.32. The monoisotopic (exact) mass is 787 g/mol. The zero-order valence-corrected chi connectivity index (χ0v) is 32.6. The van der Waals surface area contributed by atoms with Gasteiger partial charge < -0.3 is 0 Å². The topological polar surface area (TPSA) is 12.9 Å². The van der Waals surface area contributed by atoms with Crippen molar-refractivity contribution in [2.24, 2.45) is 0 Å². The van der Waals surface area contributed by atoms with Crippen molar-refractivity contribution in [3.63, 3.8) is 0 Å². The molecule has 1 nitrogen and oxygen atoms in total. The molecule has 0 aliphatic carbocycles. The van der Waals surface area contributed by atoms with Crippen LogP contribution in [0.2, 0.25) is 0 Å². The van der Waals surface area contributed by atoms with E-state index in [2.05, 4.69) is 188 Å². The van der Waals surface area contributed by atoms with E-state index in [1.807, 2.05) is 12.3 Å². The molecule has 2 aromatic heterocycles. The number of rotatable bonds is 4. The van der Waals surface area contributed by atoms with Crippen molar-refractivity contribution in [3.8, 4) is 44.5 Å². The first-order valence-corrected chi connectivity index (χ1v) is 21.3. The van der Waals surface area contributed by atoms with Crippen LogP contribution >= 0.6 is 0 Å². The summed E-state index contributed by atoms with van der Waals surface area (Å²) in [4.78, 5) is 4.74. The quantitative estimate of drug-likeness (QED) is 0.128. The second-order valence-electron chi connectivity index (χ2n) is 14.9. The number of benzene rings is 10. The molecule has 12 aromatic rings. The van der Waals surface area contributed by atoms with E-state index in [1.54, 1.807) is 0 Å². The van der Waals surface area contributed by atoms with Crippen LogP contribution in [-0.2, 0) is 0 Å². The van der Waals surface area contributed by atoms with Crippen molar-refractivity contribution < 1.29 is 0 Å². The molecular formula is C55H33NSe. The van der Waals surface area contributed by atoms with Gasteiger partial charge in [0.2, 0.25) is 0 Å². The van der Waals surface area contributed by atoms with Gasteiger partial charge in [0.15, 0.2) is 0 Å². The van der Waals surface area contributed by atoms with Crippen LogP contribution in [0.3, 0.4) is 0 Å². The van der Waals surface area contributed by atoms with E-state index in [0.29, 0.717) is 0 Å². The Hall–Kier alpha value is -6.83. The molecule has 0 saturated heterocycles. The molecule has 2 heterocycles. The second-order valence-corrected chi connectivity index (χ2v) is 17.1. The van der Waals surface area contributed by atoms with Crippen LogP contribution in [0.4, 0.5) is 0 Å². The van der Waals surface area contributed by atoms with Crippen LogP contribution in [-0.4, -0.2) is 19.5 Å². The number of hydrogen-bond donors (Lipinski definition) is 0. The number of nitrogens with zero attached hydrogens (tertiary/aromatic N) is 1. The third kappa shape index (κ3) is 4.92. The van der Waals surface area contributed by atoms with Crippen molar-refractivity contribution in [2.75, 3.05) is 0 Å².